The first kappa shape index (κ1) is 25.4. The van der Waals surface area contributed by atoms with Gasteiger partial charge in [-0.25, -0.2) is 4.79 Å². The Morgan fingerprint density at radius 3 is 1.38 bits per heavy atom. The highest BCUT2D eigenvalue weighted by atomic mass is 16.6. The van der Waals surface area contributed by atoms with Gasteiger partial charge in [0.25, 0.3) is 6.29 Å². The number of carboxylic acids is 1. The van der Waals surface area contributed by atoms with Gasteiger partial charge in [-0.3, -0.25) is 0 Å². The minimum atomic E-state index is -1.68. The van der Waals surface area contributed by atoms with E-state index < -0.39 is 12.3 Å². The van der Waals surface area contributed by atoms with Gasteiger partial charge >= 0.3 is 5.97 Å². The fourth-order valence-corrected chi connectivity index (χ4v) is 3.36. The molecule has 0 aromatic carbocycles. The van der Waals surface area contributed by atoms with Gasteiger partial charge in [0, 0.05) is 0 Å². The van der Waals surface area contributed by atoms with Crippen molar-refractivity contribution in [1.29, 1.82) is 0 Å². The number of hydrogen-bond acceptors (Lipinski definition) is 3. The molecule has 0 saturated carbocycles. The average Bonchev–Trinajstić information content (AvgIpc) is 2.62. The number of rotatable bonds is 20. The summed E-state index contributed by atoms with van der Waals surface area (Å²) in [6.07, 6.45) is 18.7. The maximum Gasteiger partial charge on any atom is 0.360 e. The highest BCUT2D eigenvalue weighted by molar-refractivity contribution is 5.70. The standard InChI is InChI=1S/C22H44O4/c1-3-5-7-9-10-11-12-13-15-17-19-20(26-22(25)21(23)24)18-16-14-8-6-4-2/h20,22,25H,3-19H2,1-2H3,(H,23,24). The minimum absolute atomic E-state index is 0.128. The van der Waals surface area contributed by atoms with Gasteiger partial charge in [0.1, 0.15) is 0 Å². The quantitative estimate of drug-likeness (QED) is 0.190. The lowest BCUT2D eigenvalue weighted by atomic mass is 10.0. The van der Waals surface area contributed by atoms with Crippen molar-refractivity contribution in [3.05, 3.63) is 0 Å². The van der Waals surface area contributed by atoms with E-state index in [4.69, 9.17) is 9.84 Å². The summed E-state index contributed by atoms with van der Waals surface area (Å²) < 4.78 is 5.36. The molecule has 0 amide bonds. The molecule has 0 aliphatic heterocycles. The molecule has 0 aliphatic rings. The fraction of sp³-hybridized carbons (Fsp3) is 0.955. The zero-order valence-electron chi connectivity index (χ0n) is 17.4. The van der Waals surface area contributed by atoms with E-state index in [1.807, 2.05) is 0 Å². The molecule has 0 aliphatic carbocycles. The number of carboxylic acid groups (broad SMARTS) is 1. The van der Waals surface area contributed by atoms with Gasteiger partial charge in [-0.2, -0.15) is 0 Å². The molecule has 0 aromatic rings. The third-order valence-corrected chi connectivity index (χ3v) is 5.04. The molecule has 0 bridgehead atoms. The molecule has 0 heterocycles. The topological polar surface area (TPSA) is 66.8 Å². The molecule has 156 valence electrons. The number of unbranched alkanes of at least 4 members (excludes halogenated alkanes) is 13. The lowest BCUT2D eigenvalue weighted by Gasteiger charge is -2.19. The van der Waals surface area contributed by atoms with Crippen LogP contribution < -0.4 is 0 Å². The van der Waals surface area contributed by atoms with Crippen LogP contribution in [0.1, 0.15) is 123 Å². The zero-order chi connectivity index (χ0) is 19.5. The van der Waals surface area contributed by atoms with Gasteiger partial charge in [-0.15, -0.1) is 0 Å². The number of aliphatic carboxylic acids is 1. The first-order chi connectivity index (χ1) is 12.6. The van der Waals surface area contributed by atoms with E-state index in [0.717, 1.165) is 32.1 Å². The van der Waals surface area contributed by atoms with E-state index >= 15 is 0 Å². The molecule has 26 heavy (non-hydrogen) atoms. The summed E-state index contributed by atoms with van der Waals surface area (Å²) in [7, 11) is 0. The van der Waals surface area contributed by atoms with Crippen molar-refractivity contribution in [2.75, 3.05) is 0 Å². The van der Waals surface area contributed by atoms with Crippen LogP contribution in [0.5, 0.6) is 0 Å². The maximum atomic E-state index is 10.8. The van der Waals surface area contributed by atoms with E-state index in [1.54, 1.807) is 0 Å². The Morgan fingerprint density at radius 2 is 1.04 bits per heavy atom. The normalized spacial score (nSPS) is 13.7. The fourth-order valence-electron chi connectivity index (χ4n) is 3.36. The summed E-state index contributed by atoms with van der Waals surface area (Å²) in [4.78, 5) is 10.8. The summed E-state index contributed by atoms with van der Waals surface area (Å²) in [5.41, 5.74) is 0. The van der Waals surface area contributed by atoms with Crippen LogP contribution in [0.2, 0.25) is 0 Å². The van der Waals surface area contributed by atoms with E-state index in [9.17, 15) is 9.90 Å². The molecule has 0 radical (unpaired) electrons. The second kappa shape index (κ2) is 19.2. The molecule has 0 rings (SSSR count). The van der Waals surface area contributed by atoms with Gasteiger partial charge in [0.15, 0.2) is 0 Å². The molecule has 4 nitrogen and oxygen atoms in total. The highest BCUT2D eigenvalue weighted by Gasteiger charge is 2.19. The van der Waals surface area contributed by atoms with Crippen molar-refractivity contribution in [3.8, 4) is 0 Å². The number of carbonyl (C=O) groups is 1. The molecular formula is C22H44O4. The van der Waals surface area contributed by atoms with E-state index in [2.05, 4.69) is 13.8 Å². The van der Waals surface area contributed by atoms with Crippen LogP contribution in [0.3, 0.4) is 0 Å². The zero-order valence-corrected chi connectivity index (χ0v) is 17.4. The van der Waals surface area contributed by atoms with Gasteiger partial charge in [-0.05, 0) is 12.8 Å². The Morgan fingerprint density at radius 1 is 0.692 bits per heavy atom. The molecule has 0 fully saturated rings. The van der Waals surface area contributed by atoms with Crippen LogP contribution in [0, 0.1) is 0 Å². The molecule has 2 atom stereocenters. The van der Waals surface area contributed by atoms with Crippen LogP contribution in [0.4, 0.5) is 0 Å². The maximum absolute atomic E-state index is 10.8. The monoisotopic (exact) mass is 372 g/mol. The number of aliphatic hydroxyl groups excluding tert-OH is 1. The van der Waals surface area contributed by atoms with Gasteiger partial charge in [0.05, 0.1) is 6.10 Å². The van der Waals surface area contributed by atoms with Crippen LogP contribution in [0.15, 0.2) is 0 Å². The van der Waals surface area contributed by atoms with Crippen LogP contribution in [-0.2, 0) is 9.53 Å². The lowest BCUT2D eigenvalue weighted by Crippen LogP contribution is -2.29. The second-order valence-electron chi connectivity index (χ2n) is 7.62. The molecule has 0 aromatic heterocycles. The van der Waals surface area contributed by atoms with E-state index in [-0.39, 0.29) is 6.10 Å². The third kappa shape index (κ3) is 16.8. The summed E-state index contributed by atoms with van der Waals surface area (Å²) in [5, 5.41) is 18.3. The average molecular weight is 373 g/mol. The van der Waals surface area contributed by atoms with Crippen LogP contribution in [0.25, 0.3) is 0 Å². The SMILES string of the molecule is CCCCCCCCCCCCC(CCCCCCC)OC(O)C(=O)O. The highest BCUT2D eigenvalue weighted by Crippen LogP contribution is 2.18. The summed E-state index contributed by atoms with van der Waals surface area (Å²) in [5.74, 6) is -1.29. The number of ether oxygens (including phenoxy) is 1. The first-order valence-corrected chi connectivity index (χ1v) is 11.2. The van der Waals surface area contributed by atoms with Crippen molar-refractivity contribution in [2.45, 2.75) is 135 Å². The molecule has 4 heteroatoms. The molecule has 2 unspecified atom stereocenters. The smallest absolute Gasteiger partial charge is 0.360 e. The van der Waals surface area contributed by atoms with Gasteiger partial charge < -0.3 is 14.9 Å². The van der Waals surface area contributed by atoms with E-state index in [0.29, 0.717) is 0 Å². The Labute approximate surface area is 161 Å². The van der Waals surface area contributed by atoms with Crippen molar-refractivity contribution in [3.63, 3.8) is 0 Å². The van der Waals surface area contributed by atoms with Gasteiger partial charge in [-0.1, -0.05) is 110 Å². The summed E-state index contributed by atoms with van der Waals surface area (Å²) in [6.45, 7) is 4.44. The first-order valence-electron chi connectivity index (χ1n) is 11.2. The Bertz CT molecular complexity index is 307. The predicted molar refractivity (Wildman–Crippen MR) is 108 cm³/mol. The van der Waals surface area contributed by atoms with Crippen LogP contribution in [-0.4, -0.2) is 28.6 Å². The summed E-state index contributed by atoms with van der Waals surface area (Å²) >= 11 is 0. The minimum Gasteiger partial charge on any atom is -0.477 e. The Hall–Kier alpha value is -0.610. The number of hydrogen-bond donors (Lipinski definition) is 2. The lowest BCUT2D eigenvalue weighted by molar-refractivity contribution is -0.187. The summed E-state index contributed by atoms with van der Waals surface area (Å²) in [6, 6.07) is 0. The molecule has 2 N–H and O–H groups in total. The van der Waals surface area contributed by atoms with Crippen molar-refractivity contribution in [1.82, 2.24) is 0 Å². The van der Waals surface area contributed by atoms with Crippen LogP contribution >= 0.6 is 0 Å². The molecular weight excluding hydrogens is 328 g/mol. The van der Waals surface area contributed by atoms with Crippen molar-refractivity contribution in [2.24, 2.45) is 0 Å². The number of aliphatic hydroxyl groups is 1. The van der Waals surface area contributed by atoms with Crippen molar-refractivity contribution < 1.29 is 19.7 Å². The molecule has 0 saturated heterocycles. The Kier molecular flexibility index (Phi) is 18.7. The third-order valence-electron chi connectivity index (χ3n) is 5.04. The van der Waals surface area contributed by atoms with Crippen molar-refractivity contribution >= 4 is 5.97 Å². The van der Waals surface area contributed by atoms with E-state index in [1.165, 1.54) is 77.0 Å². The Balaban J connectivity index is 3.79. The molecule has 0 spiro atoms. The van der Waals surface area contributed by atoms with Gasteiger partial charge in [0.2, 0.25) is 0 Å². The largest absolute Gasteiger partial charge is 0.477 e. The second-order valence-corrected chi connectivity index (χ2v) is 7.62. The predicted octanol–water partition coefficient (Wildman–Crippen LogP) is 6.45.